The van der Waals surface area contributed by atoms with Crippen molar-refractivity contribution in [2.24, 2.45) is 11.7 Å². The largest absolute Gasteiger partial charge is 0.756 e. The van der Waals surface area contributed by atoms with Gasteiger partial charge in [-0.3, -0.25) is 61.4 Å². The molecule has 416 valence electrons. The topological polar surface area (TPSA) is 417 Å². The van der Waals surface area contributed by atoms with Crippen LogP contribution in [0.5, 0.6) is 0 Å². The molecule has 76 heavy (non-hydrogen) atoms. The molecule has 35 heteroatoms. The van der Waals surface area contributed by atoms with Gasteiger partial charge in [0.15, 0.2) is 36.3 Å². The number of rotatable bonds is 20. The number of ether oxygens (including phenoxy) is 2. The number of imide groups is 1. The van der Waals surface area contributed by atoms with E-state index in [2.05, 4.69) is 36.2 Å². The van der Waals surface area contributed by atoms with Crippen LogP contribution in [-0.4, -0.2) is 157 Å². The van der Waals surface area contributed by atoms with E-state index in [4.69, 9.17) is 39.0 Å². The molecule has 4 aliphatic rings. The van der Waals surface area contributed by atoms with Gasteiger partial charge in [-0.05, 0) is 43.0 Å². The molecule has 4 aliphatic heterocycles. The SMILES string of the molecule is CC(C)C(NC(=O)CCCCN1C(=O)C=CC1=O)C(=O)NC(CCCNC(N)=O)C(=O)NCCSP1(=O)OC[C@H]2O[C@@H](n3cnc4c(N)ncnc43)[C@H](F)[C@@H]2OP(=O)([O-])OC[C@H]2O[C@@H](n3ccc(=O)[nH]c3=O)[C@H](F)[C@@H]2O1. The van der Waals surface area contributed by atoms with Gasteiger partial charge in [-0.25, -0.2) is 37.9 Å². The number of phosphoric ester groups is 1. The molecule has 3 saturated heterocycles. The molecule has 0 saturated carbocycles. The highest BCUT2D eigenvalue weighted by Crippen LogP contribution is 2.63. The van der Waals surface area contributed by atoms with Crippen LogP contribution in [0.2, 0.25) is 0 Å². The molecule has 3 aromatic heterocycles. The number of nitrogens with zero attached hydrogens (tertiary/aromatic N) is 6. The van der Waals surface area contributed by atoms with Gasteiger partial charge >= 0.3 is 18.5 Å². The summed E-state index contributed by atoms with van der Waals surface area (Å²) >= 11 is 0.393. The smallest absolute Gasteiger partial charge is 0.389 e. The molecule has 9 N–H and O–H groups in total. The van der Waals surface area contributed by atoms with Crippen molar-refractivity contribution in [3.63, 3.8) is 0 Å². The number of halogens is 2. The number of H-pyrrole nitrogens is 1. The number of aromatic amines is 1. The standard InChI is InChI=1S/C41H55F2N13O17P2S/c1-20(2)30(52-24(57)7-3-4-13-54-26(59)8-9-27(54)60)37(62)51-21(6-5-11-47-40(45)63)36(61)46-12-15-76-75(67)69-17-23-32(28(42)39(71-23)56-19-50-31-34(44)48-18-49-35(31)56)72-74(65,66)68-16-22-33(73-75)29(43)38(70-22)55-14-10-25(58)53-41(55)64/h8-10,14,18-23,28-30,32-33,38-39H,3-7,11-13,15-17H2,1-2H3,(H,46,61)(H,51,62)(H,52,57)(H,65,66)(H2,44,48,49)(H3,45,47,63)(H,53,58,64)/p-1/t21?,22-,23-,28-,29-,30?,32-,33-,38-,39-,75?/m1/s1. The fourth-order valence-corrected chi connectivity index (χ4v) is 12.6. The van der Waals surface area contributed by atoms with Crippen molar-refractivity contribution in [1.29, 1.82) is 0 Å². The Labute approximate surface area is 432 Å². The van der Waals surface area contributed by atoms with Crippen LogP contribution in [0.4, 0.5) is 19.4 Å². The Morgan fingerprint density at radius 2 is 1.55 bits per heavy atom. The minimum Gasteiger partial charge on any atom is -0.756 e. The van der Waals surface area contributed by atoms with Crippen molar-refractivity contribution in [2.75, 3.05) is 44.3 Å². The Morgan fingerprint density at radius 3 is 2.22 bits per heavy atom. The number of unbranched alkanes of at least 4 members (excludes halogenated alkanes) is 1. The minimum absolute atomic E-state index is 0.00328. The van der Waals surface area contributed by atoms with Gasteiger partial charge in [0.25, 0.3) is 25.2 Å². The summed E-state index contributed by atoms with van der Waals surface area (Å²) in [4.78, 5) is 128. The van der Waals surface area contributed by atoms with Gasteiger partial charge in [0.2, 0.25) is 17.7 Å². The van der Waals surface area contributed by atoms with Crippen molar-refractivity contribution in [3.05, 3.63) is 57.9 Å². The van der Waals surface area contributed by atoms with Crippen molar-refractivity contribution >= 4 is 78.6 Å². The number of urea groups is 1. The minimum atomic E-state index is -5.58. The van der Waals surface area contributed by atoms with Crippen LogP contribution in [0.25, 0.3) is 11.2 Å². The first-order chi connectivity index (χ1) is 36.0. The molecule has 0 spiro atoms. The summed E-state index contributed by atoms with van der Waals surface area (Å²) in [5.74, 6) is -3.91. The van der Waals surface area contributed by atoms with Gasteiger partial charge in [-0.15, -0.1) is 0 Å². The molecule has 7 heterocycles. The van der Waals surface area contributed by atoms with Crippen molar-refractivity contribution in [3.8, 4) is 0 Å². The van der Waals surface area contributed by atoms with Crippen LogP contribution in [0.3, 0.4) is 0 Å². The summed E-state index contributed by atoms with van der Waals surface area (Å²) in [6.07, 6.45) is -10.2. The average molecular weight is 1130 g/mol. The second kappa shape index (κ2) is 25.0. The molecule has 7 amide bonds. The highest BCUT2D eigenvalue weighted by molar-refractivity contribution is 8.55. The maximum absolute atomic E-state index is 16.6. The first-order valence-corrected chi connectivity index (χ1v) is 28.1. The number of phosphoric acid groups is 1. The van der Waals surface area contributed by atoms with E-state index in [1.165, 1.54) is 0 Å². The molecule has 3 aromatic rings. The first-order valence-electron chi connectivity index (χ1n) is 23.5. The summed E-state index contributed by atoms with van der Waals surface area (Å²) in [5.41, 5.74) is 9.12. The third-order valence-corrected chi connectivity index (χ3v) is 16.8. The molecular formula is C41H54F2N13O17P2S-. The van der Waals surface area contributed by atoms with E-state index in [-0.39, 0.29) is 68.1 Å². The second-order valence-corrected chi connectivity index (χ2v) is 23.3. The lowest BCUT2D eigenvalue weighted by molar-refractivity contribution is -0.235. The van der Waals surface area contributed by atoms with Crippen molar-refractivity contribution in [2.45, 2.75) is 107 Å². The number of nitrogen functional groups attached to an aromatic ring is 1. The van der Waals surface area contributed by atoms with Crippen LogP contribution in [0.15, 0.2) is 46.7 Å². The van der Waals surface area contributed by atoms with Crippen molar-refractivity contribution < 1.29 is 79.1 Å². The molecule has 30 nitrogen and oxygen atoms in total. The number of amides is 7. The molecule has 7 rings (SSSR count). The van der Waals surface area contributed by atoms with Crippen LogP contribution in [-0.2, 0) is 60.7 Å². The molecule has 0 bridgehead atoms. The molecule has 3 fully saturated rings. The maximum Gasteiger partial charge on any atom is 0.389 e. The van der Waals surface area contributed by atoms with Crippen LogP contribution < -0.4 is 48.9 Å². The summed E-state index contributed by atoms with van der Waals surface area (Å²) in [6, 6.07) is -2.43. The molecule has 12 atom stereocenters. The van der Waals surface area contributed by atoms with E-state index in [0.717, 1.165) is 46.5 Å². The zero-order chi connectivity index (χ0) is 55.1. The van der Waals surface area contributed by atoms with Gasteiger partial charge in [0.1, 0.15) is 48.3 Å². The van der Waals surface area contributed by atoms with Crippen LogP contribution >= 0.6 is 26.0 Å². The number of carbonyl (C=O) groups is 6. The number of anilines is 1. The first kappa shape index (κ1) is 57.7. The number of nitrogens with two attached hydrogens (primary N) is 2. The van der Waals surface area contributed by atoms with Gasteiger partial charge < -0.3 is 56.1 Å². The van der Waals surface area contributed by atoms with Gasteiger partial charge in [-0.1, -0.05) is 13.8 Å². The number of hydrogen-bond acceptors (Lipinski definition) is 22. The molecule has 0 aliphatic carbocycles. The number of fused-ring (bicyclic) bond motifs is 3. The lowest BCUT2D eigenvalue weighted by Gasteiger charge is -2.32. The van der Waals surface area contributed by atoms with Gasteiger partial charge in [0, 0.05) is 56.2 Å². The van der Waals surface area contributed by atoms with Crippen LogP contribution in [0.1, 0.15) is 58.4 Å². The number of hydrogen-bond donors (Lipinski definition) is 7. The Morgan fingerprint density at radius 1 is 0.882 bits per heavy atom. The van der Waals surface area contributed by atoms with E-state index >= 15 is 8.78 Å². The molecule has 4 unspecified atom stereocenters. The third kappa shape index (κ3) is 14.1. The molecule has 0 aromatic carbocycles. The maximum atomic E-state index is 16.6. The average Bonchev–Trinajstić information content (AvgIpc) is 4.10. The monoisotopic (exact) mass is 1130 g/mol. The van der Waals surface area contributed by atoms with Gasteiger partial charge in [0.05, 0.1) is 19.5 Å². The Balaban J connectivity index is 1.05. The highest BCUT2D eigenvalue weighted by Gasteiger charge is 2.54. The van der Waals surface area contributed by atoms with E-state index in [1.54, 1.807) is 13.8 Å². The zero-order valence-electron chi connectivity index (χ0n) is 40.4. The Kier molecular flexibility index (Phi) is 19.0. The van der Waals surface area contributed by atoms with Gasteiger partial charge in [-0.2, -0.15) is 0 Å². The summed E-state index contributed by atoms with van der Waals surface area (Å²) in [7, 11) is -5.58. The number of primary amides is 1. The Bertz CT molecular complexity index is 2900. The lowest BCUT2D eigenvalue weighted by atomic mass is 10.0. The summed E-state index contributed by atoms with van der Waals surface area (Å²) < 4.78 is 96.4. The highest BCUT2D eigenvalue weighted by atomic mass is 32.7. The fourth-order valence-electron chi connectivity index (χ4n) is 8.29. The number of carbonyl (C=O) groups excluding carboxylic acids is 6. The predicted octanol–water partition coefficient (Wildman–Crippen LogP) is -1.16. The Hall–Kier alpha value is -6.02. The summed E-state index contributed by atoms with van der Waals surface area (Å²) in [6.45, 7) is -3.89. The molecule has 0 radical (unpaired) electrons. The van der Waals surface area contributed by atoms with E-state index in [1.807, 2.05) is 4.98 Å². The summed E-state index contributed by atoms with van der Waals surface area (Å²) in [5, 5.41) is 10.2. The number of alkyl halides is 2. The lowest BCUT2D eigenvalue weighted by Crippen LogP contribution is -2.55. The van der Waals surface area contributed by atoms with E-state index in [9.17, 15) is 52.4 Å². The van der Waals surface area contributed by atoms with E-state index in [0.29, 0.717) is 22.4 Å². The van der Waals surface area contributed by atoms with Crippen molar-refractivity contribution in [1.82, 2.24) is 55.2 Å². The third-order valence-electron chi connectivity index (χ3n) is 12.1. The zero-order valence-corrected chi connectivity index (χ0v) is 43.0. The van der Waals surface area contributed by atoms with Crippen LogP contribution in [0, 0.1) is 5.92 Å². The quantitative estimate of drug-likeness (QED) is 0.0399. The molecular weight excluding hydrogens is 1080 g/mol. The number of nitrogens with one attached hydrogen (secondary N) is 5. The van der Waals surface area contributed by atoms with E-state index < -0.39 is 142 Å². The fraction of sp³-hybridized carbons (Fsp3) is 0.585. The number of aromatic nitrogens is 6. The number of imidazole rings is 1. The second-order valence-electron chi connectivity index (χ2n) is 17.8. The predicted molar refractivity (Wildman–Crippen MR) is 256 cm³/mol. The normalized spacial score (nSPS) is 28.5.